The lowest BCUT2D eigenvalue weighted by molar-refractivity contribution is -0.127. The standard InChI is InChI=1S/C20H24ClNO3/c1-13(2)15-8-10-16(11-9-15)18(23)12-22-20(24)14(3)25-19-7-5-4-6-17(19)21/h4-11,13-14,18,23H,12H2,1-3H3,(H,22,24). The van der Waals surface area contributed by atoms with Crippen LogP contribution in [0.3, 0.4) is 0 Å². The summed E-state index contributed by atoms with van der Waals surface area (Å²) in [5, 5.41) is 13.4. The van der Waals surface area contributed by atoms with Gasteiger partial charge in [-0.25, -0.2) is 0 Å². The molecule has 2 unspecified atom stereocenters. The first-order chi connectivity index (χ1) is 11.9. The number of amides is 1. The number of ether oxygens (including phenoxy) is 1. The van der Waals surface area contributed by atoms with Crippen molar-refractivity contribution < 1.29 is 14.6 Å². The van der Waals surface area contributed by atoms with Gasteiger partial charge in [0, 0.05) is 6.54 Å². The molecule has 2 aromatic carbocycles. The number of benzene rings is 2. The molecule has 1 amide bonds. The number of hydrogen-bond donors (Lipinski definition) is 2. The Morgan fingerprint density at radius 2 is 1.68 bits per heavy atom. The molecule has 0 aliphatic carbocycles. The van der Waals surface area contributed by atoms with Gasteiger partial charge >= 0.3 is 0 Å². The topological polar surface area (TPSA) is 58.6 Å². The fourth-order valence-electron chi connectivity index (χ4n) is 2.35. The van der Waals surface area contributed by atoms with Gasteiger partial charge in [-0.2, -0.15) is 0 Å². The highest BCUT2D eigenvalue weighted by Gasteiger charge is 2.17. The Morgan fingerprint density at radius 1 is 1.08 bits per heavy atom. The van der Waals surface area contributed by atoms with E-state index < -0.39 is 12.2 Å². The smallest absolute Gasteiger partial charge is 0.260 e. The molecule has 25 heavy (non-hydrogen) atoms. The molecule has 2 rings (SSSR count). The van der Waals surface area contributed by atoms with Crippen LogP contribution in [0.5, 0.6) is 5.75 Å². The summed E-state index contributed by atoms with van der Waals surface area (Å²) in [6.45, 7) is 6.00. The average molecular weight is 362 g/mol. The van der Waals surface area contributed by atoms with E-state index in [9.17, 15) is 9.90 Å². The Balaban J connectivity index is 1.87. The number of aliphatic hydroxyl groups excluding tert-OH is 1. The van der Waals surface area contributed by atoms with Gasteiger partial charge in [0.05, 0.1) is 11.1 Å². The number of hydrogen-bond acceptors (Lipinski definition) is 3. The second-order valence-corrected chi connectivity index (χ2v) is 6.68. The summed E-state index contributed by atoms with van der Waals surface area (Å²) < 4.78 is 5.56. The maximum absolute atomic E-state index is 12.1. The van der Waals surface area contributed by atoms with Crippen LogP contribution in [-0.4, -0.2) is 23.7 Å². The summed E-state index contributed by atoms with van der Waals surface area (Å²) in [5.41, 5.74) is 1.98. The third-order valence-electron chi connectivity index (χ3n) is 3.97. The van der Waals surface area contributed by atoms with E-state index in [1.54, 1.807) is 31.2 Å². The molecule has 5 heteroatoms. The highest BCUT2D eigenvalue weighted by molar-refractivity contribution is 6.32. The van der Waals surface area contributed by atoms with Crippen LogP contribution in [0, 0.1) is 0 Å². The Bertz CT molecular complexity index is 700. The summed E-state index contributed by atoms with van der Waals surface area (Å²) in [4.78, 5) is 12.1. The molecule has 0 aliphatic heterocycles. The lowest BCUT2D eigenvalue weighted by Gasteiger charge is -2.18. The van der Waals surface area contributed by atoms with Crippen LogP contribution >= 0.6 is 11.6 Å². The van der Waals surface area contributed by atoms with E-state index in [1.165, 1.54) is 5.56 Å². The molecule has 2 aromatic rings. The van der Waals surface area contributed by atoms with Crippen molar-refractivity contribution in [3.63, 3.8) is 0 Å². The molecule has 0 aliphatic rings. The predicted molar refractivity (Wildman–Crippen MR) is 100 cm³/mol. The minimum atomic E-state index is -0.766. The van der Waals surface area contributed by atoms with Crippen molar-refractivity contribution in [1.29, 1.82) is 0 Å². The highest BCUT2D eigenvalue weighted by atomic mass is 35.5. The zero-order chi connectivity index (χ0) is 18.4. The Morgan fingerprint density at radius 3 is 2.28 bits per heavy atom. The zero-order valence-corrected chi connectivity index (χ0v) is 15.5. The lowest BCUT2D eigenvalue weighted by Crippen LogP contribution is -2.38. The van der Waals surface area contributed by atoms with Crippen molar-refractivity contribution in [3.05, 3.63) is 64.7 Å². The summed E-state index contributed by atoms with van der Waals surface area (Å²) in [5.74, 6) is 0.586. The van der Waals surface area contributed by atoms with Gasteiger partial charge in [0.1, 0.15) is 5.75 Å². The molecule has 2 N–H and O–H groups in total. The van der Waals surface area contributed by atoms with E-state index in [-0.39, 0.29) is 12.5 Å². The molecule has 0 bridgehead atoms. The largest absolute Gasteiger partial charge is 0.479 e. The third kappa shape index (κ3) is 5.48. The van der Waals surface area contributed by atoms with Crippen molar-refractivity contribution in [2.75, 3.05) is 6.54 Å². The van der Waals surface area contributed by atoms with Crippen molar-refractivity contribution in [2.45, 2.75) is 38.9 Å². The average Bonchev–Trinajstić information content (AvgIpc) is 2.61. The van der Waals surface area contributed by atoms with Crippen LogP contribution < -0.4 is 10.1 Å². The first kappa shape index (κ1) is 19.3. The van der Waals surface area contributed by atoms with Gasteiger partial charge in [-0.05, 0) is 36.1 Å². The van der Waals surface area contributed by atoms with Crippen LogP contribution in [0.25, 0.3) is 0 Å². The van der Waals surface area contributed by atoms with Crippen LogP contribution in [0.4, 0.5) is 0 Å². The predicted octanol–water partition coefficient (Wildman–Crippen LogP) is 4.08. The number of rotatable bonds is 7. The van der Waals surface area contributed by atoms with Crippen molar-refractivity contribution >= 4 is 17.5 Å². The summed E-state index contributed by atoms with van der Waals surface area (Å²) in [7, 11) is 0. The molecule has 0 saturated carbocycles. The Labute approximate surface area is 153 Å². The zero-order valence-electron chi connectivity index (χ0n) is 14.7. The molecule has 2 atom stereocenters. The SMILES string of the molecule is CC(Oc1ccccc1Cl)C(=O)NCC(O)c1ccc(C(C)C)cc1. The number of carbonyl (C=O) groups is 1. The molecule has 0 spiro atoms. The first-order valence-electron chi connectivity index (χ1n) is 8.35. The molecule has 0 aromatic heterocycles. The minimum Gasteiger partial charge on any atom is -0.479 e. The van der Waals surface area contributed by atoms with E-state index >= 15 is 0 Å². The van der Waals surface area contributed by atoms with Crippen molar-refractivity contribution in [2.24, 2.45) is 0 Å². The van der Waals surface area contributed by atoms with Crippen molar-refractivity contribution in [1.82, 2.24) is 5.32 Å². The van der Waals surface area contributed by atoms with Gasteiger partial charge in [-0.3, -0.25) is 4.79 Å². The van der Waals surface area contributed by atoms with E-state index in [4.69, 9.17) is 16.3 Å². The van der Waals surface area contributed by atoms with Crippen molar-refractivity contribution in [3.8, 4) is 5.75 Å². The molecule has 134 valence electrons. The molecular formula is C20H24ClNO3. The number of carbonyl (C=O) groups excluding carboxylic acids is 1. The van der Waals surface area contributed by atoms with Gasteiger partial charge in [-0.15, -0.1) is 0 Å². The number of nitrogens with one attached hydrogen (secondary N) is 1. The van der Waals surface area contributed by atoms with Crippen LogP contribution in [0.1, 0.15) is 43.9 Å². The van der Waals surface area contributed by atoms with Crippen LogP contribution in [0.2, 0.25) is 5.02 Å². The fraction of sp³-hybridized carbons (Fsp3) is 0.350. The molecule has 0 heterocycles. The highest BCUT2D eigenvalue weighted by Crippen LogP contribution is 2.24. The van der Waals surface area contributed by atoms with Gasteiger partial charge in [-0.1, -0.05) is 61.8 Å². The summed E-state index contributed by atoms with van der Waals surface area (Å²) in [6, 6.07) is 14.7. The maximum atomic E-state index is 12.1. The maximum Gasteiger partial charge on any atom is 0.260 e. The second-order valence-electron chi connectivity index (χ2n) is 6.27. The number of halogens is 1. The second kappa shape index (κ2) is 8.88. The third-order valence-corrected chi connectivity index (χ3v) is 4.28. The molecule has 0 saturated heterocycles. The van der Waals surface area contributed by atoms with Gasteiger partial charge < -0.3 is 15.2 Å². The van der Waals surface area contributed by atoms with Crippen LogP contribution in [-0.2, 0) is 4.79 Å². The molecular weight excluding hydrogens is 338 g/mol. The summed E-state index contributed by atoms with van der Waals surface area (Å²) in [6.07, 6.45) is -1.48. The van der Waals surface area contributed by atoms with Gasteiger partial charge in [0.2, 0.25) is 0 Å². The van der Waals surface area contributed by atoms with E-state index in [2.05, 4.69) is 19.2 Å². The molecule has 4 nitrogen and oxygen atoms in total. The quantitative estimate of drug-likeness (QED) is 0.781. The number of para-hydroxylation sites is 1. The normalized spacial score (nSPS) is 13.4. The fourth-order valence-corrected chi connectivity index (χ4v) is 2.53. The van der Waals surface area contributed by atoms with E-state index in [0.717, 1.165) is 5.56 Å². The monoisotopic (exact) mass is 361 g/mol. The molecule has 0 fully saturated rings. The van der Waals surface area contributed by atoms with Gasteiger partial charge in [0.15, 0.2) is 6.10 Å². The van der Waals surface area contributed by atoms with Gasteiger partial charge in [0.25, 0.3) is 5.91 Å². The summed E-state index contributed by atoms with van der Waals surface area (Å²) >= 11 is 6.02. The first-order valence-corrected chi connectivity index (χ1v) is 8.73. The lowest BCUT2D eigenvalue weighted by atomic mass is 10.00. The number of aliphatic hydroxyl groups is 1. The molecule has 0 radical (unpaired) electrons. The Kier molecular flexibility index (Phi) is 6.85. The van der Waals surface area contributed by atoms with E-state index in [1.807, 2.05) is 24.3 Å². The minimum absolute atomic E-state index is 0.121. The van der Waals surface area contributed by atoms with E-state index in [0.29, 0.717) is 16.7 Å². The Hall–Kier alpha value is -2.04. The van der Waals surface area contributed by atoms with Crippen LogP contribution in [0.15, 0.2) is 48.5 Å².